The van der Waals surface area contributed by atoms with Gasteiger partial charge in [-0.3, -0.25) is 0 Å². The van der Waals surface area contributed by atoms with E-state index in [4.69, 9.17) is 4.42 Å². The Bertz CT molecular complexity index is 2930. The smallest absolute Gasteiger partial charge is 0.143 e. The van der Waals surface area contributed by atoms with E-state index in [1.807, 2.05) is 0 Å². The average Bonchev–Trinajstić information content (AvgIpc) is 3.62. The van der Waals surface area contributed by atoms with E-state index in [-0.39, 0.29) is 0 Å². The first-order chi connectivity index (χ1) is 26.8. The summed E-state index contributed by atoms with van der Waals surface area (Å²) in [4.78, 5) is 2.43. The Labute approximate surface area is 314 Å². The third-order valence-corrected chi connectivity index (χ3v) is 10.5. The Morgan fingerprint density at radius 1 is 0.315 bits per heavy atom. The van der Waals surface area contributed by atoms with Crippen molar-refractivity contribution >= 4 is 49.8 Å². The molecule has 10 rings (SSSR count). The SMILES string of the molecule is c1ccc(-c2ccc(N(c3ccccc3-c3ccccc3)c3ccccc3-c3cccc4c3oc3cc5ccccc5cc34)cc2-c2ccccc2)cc1. The van der Waals surface area contributed by atoms with Crippen molar-refractivity contribution in [2.45, 2.75) is 0 Å². The van der Waals surface area contributed by atoms with Crippen LogP contribution < -0.4 is 4.90 Å². The van der Waals surface area contributed by atoms with Crippen LogP contribution in [-0.4, -0.2) is 0 Å². The molecule has 0 aliphatic rings. The fraction of sp³-hybridized carbons (Fsp3) is 0. The first kappa shape index (κ1) is 31.6. The zero-order chi connectivity index (χ0) is 35.8. The standard InChI is InChI=1S/C52H35NO/c1-4-17-36(18-5-1)42-32-31-41(35-47(42)38-21-8-3-9-22-38)53(49-29-14-12-25-43(49)37-19-6-2-7-20-37)50-30-15-13-26-44(50)45-27-16-28-46-48-33-39-23-10-11-24-40(39)34-51(48)54-52(45)46/h1-35H. The molecule has 0 N–H and O–H groups in total. The summed E-state index contributed by atoms with van der Waals surface area (Å²) >= 11 is 0. The van der Waals surface area contributed by atoms with Crippen molar-refractivity contribution in [3.63, 3.8) is 0 Å². The Morgan fingerprint density at radius 2 is 0.833 bits per heavy atom. The monoisotopic (exact) mass is 689 g/mol. The third-order valence-electron chi connectivity index (χ3n) is 10.5. The molecule has 0 bridgehead atoms. The summed E-state index contributed by atoms with van der Waals surface area (Å²) in [5, 5.41) is 4.61. The van der Waals surface area contributed by atoms with Gasteiger partial charge in [-0.15, -0.1) is 0 Å². The van der Waals surface area contributed by atoms with Crippen molar-refractivity contribution in [3.8, 4) is 44.5 Å². The number of hydrogen-bond donors (Lipinski definition) is 0. The van der Waals surface area contributed by atoms with Crippen LogP contribution in [0, 0.1) is 0 Å². The normalized spacial score (nSPS) is 11.3. The molecule has 9 aromatic carbocycles. The molecule has 10 aromatic rings. The number of nitrogens with zero attached hydrogens (tertiary/aromatic N) is 1. The topological polar surface area (TPSA) is 16.4 Å². The van der Waals surface area contributed by atoms with Crippen LogP contribution in [-0.2, 0) is 0 Å². The Kier molecular flexibility index (Phi) is 7.85. The minimum atomic E-state index is 0.885. The van der Waals surface area contributed by atoms with E-state index in [0.29, 0.717) is 0 Å². The van der Waals surface area contributed by atoms with Crippen molar-refractivity contribution in [3.05, 3.63) is 212 Å². The molecule has 0 aliphatic carbocycles. The molecule has 2 nitrogen and oxygen atoms in total. The highest BCUT2D eigenvalue weighted by Gasteiger charge is 2.23. The molecule has 0 unspecified atom stereocenters. The van der Waals surface area contributed by atoms with Crippen LogP contribution in [0.1, 0.15) is 0 Å². The summed E-state index contributed by atoms with van der Waals surface area (Å²) in [6, 6.07) is 75.8. The molecule has 0 spiro atoms. The number of furan rings is 1. The van der Waals surface area contributed by atoms with Crippen molar-refractivity contribution in [1.29, 1.82) is 0 Å². The minimum Gasteiger partial charge on any atom is -0.455 e. The Hall–Kier alpha value is -7.16. The fourth-order valence-electron chi connectivity index (χ4n) is 7.93. The summed E-state index contributed by atoms with van der Waals surface area (Å²) in [5.74, 6) is 0. The summed E-state index contributed by atoms with van der Waals surface area (Å²) in [6.07, 6.45) is 0. The third kappa shape index (κ3) is 5.53. The van der Waals surface area contributed by atoms with Crippen LogP contribution in [0.2, 0.25) is 0 Å². The van der Waals surface area contributed by atoms with Gasteiger partial charge in [0.05, 0.1) is 11.4 Å². The lowest BCUT2D eigenvalue weighted by Crippen LogP contribution is -2.12. The number of rotatable bonds is 7. The summed E-state index contributed by atoms with van der Waals surface area (Å²) in [5.41, 5.74) is 14.1. The molecular formula is C52H35NO. The van der Waals surface area contributed by atoms with E-state index in [0.717, 1.165) is 61.3 Å². The minimum absolute atomic E-state index is 0.885. The van der Waals surface area contributed by atoms with Crippen molar-refractivity contribution < 1.29 is 4.42 Å². The van der Waals surface area contributed by atoms with E-state index in [1.165, 1.54) is 33.0 Å². The molecule has 0 fully saturated rings. The van der Waals surface area contributed by atoms with Crippen LogP contribution >= 0.6 is 0 Å². The van der Waals surface area contributed by atoms with Crippen molar-refractivity contribution in [2.24, 2.45) is 0 Å². The molecule has 0 atom stereocenters. The Morgan fingerprint density at radius 3 is 1.52 bits per heavy atom. The van der Waals surface area contributed by atoms with E-state index in [2.05, 4.69) is 217 Å². The van der Waals surface area contributed by atoms with Gasteiger partial charge in [0, 0.05) is 33.2 Å². The highest BCUT2D eigenvalue weighted by molar-refractivity contribution is 6.14. The largest absolute Gasteiger partial charge is 0.455 e. The maximum Gasteiger partial charge on any atom is 0.143 e. The van der Waals surface area contributed by atoms with Gasteiger partial charge < -0.3 is 9.32 Å². The predicted molar refractivity (Wildman–Crippen MR) is 228 cm³/mol. The van der Waals surface area contributed by atoms with Gasteiger partial charge >= 0.3 is 0 Å². The molecule has 0 saturated heterocycles. The first-order valence-electron chi connectivity index (χ1n) is 18.4. The first-order valence-corrected chi connectivity index (χ1v) is 18.4. The van der Waals surface area contributed by atoms with Crippen LogP contribution in [0.3, 0.4) is 0 Å². The van der Waals surface area contributed by atoms with Gasteiger partial charge in [0.15, 0.2) is 0 Å². The molecule has 2 heteroatoms. The molecule has 54 heavy (non-hydrogen) atoms. The van der Waals surface area contributed by atoms with Crippen molar-refractivity contribution in [2.75, 3.05) is 4.90 Å². The summed E-state index contributed by atoms with van der Waals surface area (Å²) in [6.45, 7) is 0. The molecule has 0 radical (unpaired) electrons. The summed E-state index contributed by atoms with van der Waals surface area (Å²) < 4.78 is 6.81. The van der Waals surface area contributed by atoms with Gasteiger partial charge in [-0.25, -0.2) is 0 Å². The highest BCUT2D eigenvalue weighted by Crippen LogP contribution is 2.48. The maximum absolute atomic E-state index is 6.81. The fourth-order valence-corrected chi connectivity index (χ4v) is 7.93. The lowest BCUT2D eigenvalue weighted by atomic mass is 9.93. The molecule has 0 saturated carbocycles. The molecule has 0 aliphatic heterocycles. The van der Waals surface area contributed by atoms with Crippen LogP contribution in [0.4, 0.5) is 17.1 Å². The molecule has 254 valence electrons. The van der Waals surface area contributed by atoms with Crippen LogP contribution in [0.15, 0.2) is 217 Å². The zero-order valence-corrected chi connectivity index (χ0v) is 29.6. The van der Waals surface area contributed by atoms with Gasteiger partial charge in [0.1, 0.15) is 11.2 Å². The molecular weight excluding hydrogens is 655 g/mol. The number of anilines is 3. The highest BCUT2D eigenvalue weighted by atomic mass is 16.3. The number of fused-ring (bicyclic) bond motifs is 4. The van der Waals surface area contributed by atoms with Gasteiger partial charge in [0.25, 0.3) is 0 Å². The van der Waals surface area contributed by atoms with Gasteiger partial charge in [-0.2, -0.15) is 0 Å². The molecule has 1 aromatic heterocycles. The van der Waals surface area contributed by atoms with Crippen LogP contribution in [0.5, 0.6) is 0 Å². The van der Waals surface area contributed by atoms with Gasteiger partial charge in [-0.05, 0) is 75.0 Å². The van der Waals surface area contributed by atoms with Crippen LogP contribution in [0.25, 0.3) is 77.2 Å². The zero-order valence-electron chi connectivity index (χ0n) is 29.6. The number of hydrogen-bond acceptors (Lipinski definition) is 2. The van der Waals surface area contributed by atoms with E-state index in [9.17, 15) is 0 Å². The average molecular weight is 690 g/mol. The second-order valence-corrected chi connectivity index (χ2v) is 13.7. The second kappa shape index (κ2) is 13.4. The Balaban J connectivity index is 1.24. The van der Waals surface area contributed by atoms with E-state index < -0.39 is 0 Å². The van der Waals surface area contributed by atoms with E-state index in [1.54, 1.807) is 0 Å². The molecule has 1 heterocycles. The quantitative estimate of drug-likeness (QED) is 0.166. The number of para-hydroxylation sites is 3. The summed E-state index contributed by atoms with van der Waals surface area (Å²) in [7, 11) is 0. The van der Waals surface area contributed by atoms with E-state index >= 15 is 0 Å². The lowest BCUT2D eigenvalue weighted by molar-refractivity contribution is 0.670. The predicted octanol–water partition coefficient (Wildman–Crippen LogP) is 14.9. The lowest BCUT2D eigenvalue weighted by Gasteiger charge is -2.30. The van der Waals surface area contributed by atoms with Crippen molar-refractivity contribution in [1.82, 2.24) is 0 Å². The second-order valence-electron chi connectivity index (χ2n) is 13.7. The number of benzene rings is 9. The van der Waals surface area contributed by atoms with Gasteiger partial charge in [0.2, 0.25) is 0 Å². The molecule has 0 amide bonds. The van der Waals surface area contributed by atoms with Gasteiger partial charge in [-0.1, -0.05) is 176 Å². The maximum atomic E-state index is 6.81.